The van der Waals surface area contributed by atoms with E-state index in [1.165, 1.54) is 24.0 Å². The predicted molar refractivity (Wildman–Crippen MR) is 121 cm³/mol. The quantitative estimate of drug-likeness (QED) is 0.528. The van der Waals surface area contributed by atoms with E-state index in [-0.39, 0.29) is 18.5 Å². The van der Waals surface area contributed by atoms with Crippen LogP contribution in [0.1, 0.15) is 24.0 Å². The van der Waals surface area contributed by atoms with Crippen molar-refractivity contribution < 1.29 is 36.7 Å². The van der Waals surface area contributed by atoms with E-state index in [0.717, 1.165) is 59.7 Å². The normalized spacial score (nSPS) is 16.7. The maximum Gasteiger partial charge on any atom is 0.181 e. The molecular weight excluding hydrogens is 426 g/mol. The van der Waals surface area contributed by atoms with E-state index in [0.29, 0.717) is 13.2 Å². The highest BCUT2D eigenvalue weighted by Gasteiger charge is 2.24. The molecule has 32 heavy (non-hydrogen) atoms. The molecule has 1 aliphatic heterocycles. The molecule has 0 unspecified atom stereocenters. The summed E-state index contributed by atoms with van der Waals surface area (Å²) >= 11 is 0. The van der Waals surface area contributed by atoms with Crippen molar-refractivity contribution in [1.82, 2.24) is 0 Å². The molecule has 0 saturated heterocycles. The second kappa shape index (κ2) is 10.3. The average Bonchev–Trinajstić information content (AvgIpc) is 2.82. The summed E-state index contributed by atoms with van der Waals surface area (Å²) in [6.45, 7) is 2.87. The van der Waals surface area contributed by atoms with Crippen LogP contribution in [0.25, 0.3) is 10.8 Å². The van der Waals surface area contributed by atoms with Crippen molar-refractivity contribution in [2.75, 3.05) is 33.4 Å². The Kier molecular flexibility index (Phi) is 7.28. The molecule has 6 heteroatoms. The Bertz CT molecular complexity index is 1070. The molecule has 0 fully saturated rings. The van der Waals surface area contributed by atoms with Crippen molar-refractivity contribution in [2.24, 2.45) is 0 Å². The van der Waals surface area contributed by atoms with Gasteiger partial charge in [-0.15, -0.1) is 0 Å². The number of methoxy groups -OCH3 is 1. The summed E-state index contributed by atoms with van der Waals surface area (Å²) in [4.78, 5) is 0. The molecule has 3 aromatic carbocycles. The summed E-state index contributed by atoms with van der Waals surface area (Å²) < 4.78 is 23.9. The number of quaternary nitrogens is 1. The first kappa shape index (κ1) is 22.6. The second-order valence-electron chi connectivity index (χ2n) is 8.31. The summed E-state index contributed by atoms with van der Waals surface area (Å²) in [6, 6.07) is 16.6. The minimum absolute atomic E-state index is 0. The Morgan fingerprint density at radius 1 is 1.00 bits per heavy atom. The van der Waals surface area contributed by atoms with Gasteiger partial charge in [-0.3, -0.25) is 0 Å². The molecule has 0 radical (unpaired) electrons. The fourth-order valence-electron chi connectivity index (χ4n) is 4.54. The first-order valence-electron chi connectivity index (χ1n) is 11.3. The van der Waals surface area contributed by atoms with Gasteiger partial charge in [0.2, 0.25) is 0 Å². The van der Waals surface area contributed by atoms with Gasteiger partial charge < -0.3 is 36.7 Å². The number of hydrogen-bond donors (Lipinski definition) is 1. The van der Waals surface area contributed by atoms with E-state index in [1.54, 1.807) is 7.11 Å². The fourth-order valence-corrected chi connectivity index (χ4v) is 4.54. The zero-order valence-electron chi connectivity index (χ0n) is 18.4. The lowest BCUT2D eigenvalue weighted by atomic mass is 9.91. The first-order chi connectivity index (χ1) is 15.3. The third kappa shape index (κ3) is 4.74. The smallest absolute Gasteiger partial charge is 0.181 e. The van der Waals surface area contributed by atoms with E-state index in [9.17, 15) is 0 Å². The van der Waals surface area contributed by atoms with Gasteiger partial charge in [0.1, 0.15) is 26.3 Å². The number of nitrogens with two attached hydrogens (primary N) is 1. The molecule has 0 bridgehead atoms. The van der Waals surface area contributed by atoms with Gasteiger partial charge in [0.25, 0.3) is 0 Å². The topological polar surface area (TPSA) is 53.5 Å². The maximum atomic E-state index is 6.24. The monoisotopic (exact) mass is 455 g/mol. The van der Waals surface area contributed by atoms with Crippen LogP contribution in [-0.2, 0) is 12.8 Å². The molecule has 0 spiro atoms. The average molecular weight is 456 g/mol. The Morgan fingerprint density at radius 3 is 2.59 bits per heavy atom. The van der Waals surface area contributed by atoms with Gasteiger partial charge in [0, 0.05) is 5.39 Å². The molecule has 3 aromatic rings. The lowest BCUT2D eigenvalue weighted by Crippen LogP contribution is -3.00. The van der Waals surface area contributed by atoms with Crippen molar-refractivity contribution in [2.45, 2.75) is 31.8 Å². The third-order valence-corrected chi connectivity index (χ3v) is 6.19. The fraction of sp³-hybridized carbons (Fsp3) is 0.385. The summed E-state index contributed by atoms with van der Waals surface area (Å²) in [5.41, 5.74) is 2.86. The first-order valence-corrected chi connectivity index (χ1v) is 11.3. The molecule has 0 amide bonds. The molecule has 0 saturated carbocycles. The Balaban J connectivity index is 0.00000245. The van der Waals surface area contributed by atoms with E-state index in [4.69, 9.17) is 18.9 Å². The van der Waals surface area contributed by atoms with Crippen LogP contribution in [-0.4, -0.2) is 39.5 Å². The van der Waals surface area contributed by atoms with Crippen LogP contribution in [0.2, 0.25) is 0 Å². The van der Waals surface area contributed by atoms with Crippen LogP contribution >= 0.6 is 0 Å². The molecule has 170 valence electrons. The van der Waals surface area contributed by atoms with Gasteiger partial charge in [-0.1, -0.05) is 30.3 Å². The van der Waals surface area contributed by atoms with Gasteiger partial charge in [0.05, 0.1) is 7.11 Å². The number of benzene rings is 3. The SMILES string of the molecule is COc1ccc2ccccc2c1OCC[NH2+]C[C@@H]1COc2cc3c(cc2O1)CCCC3.[Cl-]. The van der Waals surface area contributed by atoms with Crippen LogP contribution in [0.3, 0.4) is 0 Å². The van der Waals surface area contributed by atoms with Gasteiger partial charge >= 0.3 is 0 Å². The van der Waals surface area contributed by atoms with E-state index < -0.39 is 0 Å². The highest BCUT2D eigenvalue weighted by atomic mass is 35.5. The standard InChI is InChI=1S/C26H29NO4.ClH/c1-28-23-11-10-18-6-4-5-9-22(18)26(23)29-13-12-27-16-21-17-30-24-14-19-7-2-3-8-20(19)15-25(24)31-21;/h4-6,9-11,14-15,21,27H,2-3,7-8,12-13,16-17H2,1H3;1H/t21-;/m1./s1. The number of rotatable bonds is 7. The van der Waals surface area contributed by atoms with Crippen molar-refractivity contribution in [3.05, 3.63) is 59.7 Å². The molecule has 1 aliphatic carbocycles. The largest absolute Gasteiger partial charge is 1.00 e. The van der Waals surface area contributed by atoms with Gasteiger partial charge in [-0.25, -0.2) is 0 Å². The number of halogens is 1. The third-order valence-electron chi connectivity index (χ3n) is 6.19. The van der Waals surface area contributed by atoms with Crippen LogP contribution in [0, 0.1) is 0 Å². The number of aryl methyl sites for hydroxylation is 2. The molecule has 5 nitrogen and oxygen atoms in total. The predicted octanol–water partition coefficient (Wildman–Crippen LogP) is 0.513. The van der Waals surface area contributed by atoms with Crippen molar-refractivity contribution >= 4 is 10.8 Å². The lowest BCUT2D eigenvalue weighted by molar-refractivity contribution is -0.661. The van der Waals surface area contributed by atoms with E-state index in [2.05, 4.69) is 35.6 Å². The summed E-state index contributed by atoms with van der Waals surface area (Å²) in [5.74, 6) is 3.39. The molecule has 1 heterocycles. The minimum atomic E-state index is 0. The molecule has 0 aromatic heterocycles. The zero-order valence-corrected chi connectivity index (χ0v) is 19.2. The number of ether oxygens (including phenoxy) is 4. The van der Waals surface area contributed by atoms with Crippen molar-refractivity contribution in [3.8, 4) is 23.0 Å². The Hall–Kier alpha value is -2.63. The highest BCUT2D eigenvalue weighted by Crippen LogP contribution is 2.37. The van der Waals surface area contributed by atoms with Crippen LogP contribution in [0.4, 0.5) is 0 Å². The molecular formula is C26H30ClNO4. The lowest BCUT2D eigenvalue weighted by Gasteiger charge is -2.28. The summed E-state index contributed by atoms with van der Waals surface area (Å²) in [7, 11) is 1.68. The molecule has 2 aliphatic rings. The highest BCUT2D eigenvalue weighted by molar-refractivity contribution is 5.90. The maximum absolute atomic E-state index is 6.24. The van der Waals surface area contributed by atoms with Crippen molar-refractivity contribution in [3.63, 3.8) is 0 Å². The van der Waals surface area contributed by atoms with Crippen molar-refractivity contribution in [1.29, 1.82) is 0 Å². The summed E-state index contributed by atoms with van der Waals surface area (Å²) in [6.07, 6.45) is 4.91. The van der Waals surface area contributed by atoms with Gasteiger partial charge in [-0.05, 0) is 60.4 Å². The van der Waals surface area contributed by atoms with Crippen LogP contribution in [0.5, 0.6) is 23.0 Å². The number of hydrogen-bond acceptors (Lipinski definition) is 4. The Morgan fingerprint density at radius 2 is 1.78 bits per heavy atom. The summed E-state index contributed by atoms with van der Waals surface area (Å²) in [5, 5.41) is 4.45. The van der Waals surface area contributed by atoms with E-state index in [1.807, 2.05) is 18.2 Å². The minimum Gasteiger partial charge on any atom is -1.00 e. The van der Waals surface area contributed by atoms with Gasteiger partial charge in [0.15, 0.2) is 29.1 Å². The molecule has 5 rings (SSSR count). The molecule has 1 atom stereocenters. The second-order valence-corrected chi connectivity index (χ2v) is 8.31. The van der Waals surface area contributed by atoms with E-state index >= 15 is 0 Å². The van der Waals surface area contributed by atoms with Crippen LogP contribution < -0.4 is 36.7 Å². The zero-order chi connectivity index (χ0) is 21.0. The molecule has 2 N–H and O–H groups in total. The Labute approximate surface area is 195 Å². The number of fused-ring (bicyclic) bond motifs is 3. The van der Waals surface area contributed by atoms with Gasteiger partial charge in [-0.2, -0.15) is 0 Å². The van der Waals surface area contributed by atoms with Crippen LogP contribution in [0.15, 0.2) is 48.5 Å².